The fourth-order valence-electron chi connectivity index (χ4n) is 3.52. The molecule has 1 fully saturated rings. The molecule has 1 aliphatic rings. The summed E-state index contributed by atoms with van der Waals surface area (Å²) in [5, 5.41) is 2.39. The molecule has 0 aliphatic heterocycles. The Labute approximate surface area is 159 Å². The van der Waals surface area contributed by atoms with Crippen molar-refractivity contribution in [3.63, 3.8) is 0 Å². The van der Waals surface area contributed by atoms with E-state index in [1.54, 1.807) is 37.3 Å². The first kappa shape index (κ1) is 19.5. The van der Waals surface area contributed by atoms with Crippen molar-refractivity contribution in [1.82, 2.24) is 0 Å². The zero-order chi connectivity index (χ0) is 19.4. The molecular formula is C21H24FNO3S. The fraction of sp³-hybridized carbons (Fsp3) is 0.381. The minimum Gasteiger partial charge on any atom is -0.322 e. The van der Waals surface area contributed by atoms with E-state index in [0.29, 0.717) is 11.3 Å². The van der Waals surface area contributed by atoms with E-state index in [4.69, 9.17) is 0 Å². The van der Waals surface area contributed by atoms with Gasteiger partial charge in [0, 0.05) is 5.69 Å². The molecule has 6 heteroatoms. The van der Waals surface area contributed by atoms with Gasteiger partial charge in [-0.2, -0.15) is 0 Å². The maximum absolute atomic E-state index is 13.9. The van der Waals surface area contributed by atoms with Gasteiger partial charge in [0.05, 0.1) is 16.6 Å². The smallest absolute Gasteiger partial charge is 0.258 e. The number of rotatable bonds is 5. The van der Waals surface area contributed by atoms with Crippen LogP contribution in [0.2, 0.25) is 0 Å². The number of carbonyl (C=O) groups excluding carboxylic acids is 1. The topological polar surface area (TPSA) is 63.2 Å². The van der Waals surface area contributed by atoms with Gasteiger partial charge >= 0.3 is 0 Å². The highest BCUT2D eigenvalue weighted by Crippen LogP contribution is 2.26. The highest BCUT2D eigenvalue weighted by Gasteiger charge is 2.27. The van der Waals surface area contributed by atoms with Gasteiger partial charge in [-0.05, 0) is 49.6 Å². The third-order valence-electron chi connectivity index (χ3n) is 4.98. The molecule has 2 aromatic carbocycles. The third kappa shape index (κ3) is 4.95. The Bertz CT molecular complexity index is 934. The van der Waals surface area contributed by atoms with Gasteiger partial charge in [0.2, 0.25) is 0 Å². The summed E-state index contributed by atoms with van der Waals surface area (Å²) in [4.78, 5) is 12.4. The number of anilines is 1. The summed E-state index contributed by atoms with van der Waals surface area (Å²) in [6.07, 6.45) is 4.48. The van der Waals surface area contributed by atoms with E-state index in [2.05, 4.69) is 5.32 Å². The molecule has 0 heterocycles. The molecule has 0 aromatic heterocycles. The number of sulfone groups is 1. The molecule has 2 aromatic rings. The average Bonchev–Trinajstić information content (AvgIpc) is 2.64. The van der Waals surface area contributed by atoms with E-state index >= 15 is 0 Å². The van der Waals surface area contributed by atoms with Gasteiger partial charge in [-0.25, -0.2) is 12.8 Å². The second kappa shape index (κ2) is 8.21. The number of nitrogens with one attached hydrogen (secondary N) is 1. The summed E-state index contributed by atoms with van der Waals surface area (Å²) < 4.78 is 39.2. The normalized spacial score (nSPS) is 15.5. The van der Waals surface area contributed by atoms with Crippen molar-refractivity contribution in [2.45, 2.75) is 50.0 Å². The lowest BCUT2D eigenvalue weighted by atomic mass is 10.0. The standard InChI is InChI=1S/C21H24FNO3S/c1-15-10-11-20(22)19(12-15)21(24)23-17-7-5-6-16(13-17)14-27(25,26)18-8-3-2-4-9-18/h5-7,10-13,18H,2-4,8-9,14H2,1H3,(H,23,24). The van der Waals surface area contributed by atoms with Gasteiger partial charge in [-0.1, -0.05) is 43.0 Å². The molecule has 0 saturated heterocycles. The van der Waals surface area contributed by atoms with Crippen LogP contribution in [0.4, 0.5) is 10.1 Å². The molecule has 4 nitrogen and oxygen atoms in total. The first-order valence-corrected chi connectivity index (χ1v) is 10.9. The zero-order valence-corrected chi connectivity index (χ0v) is 16.2. The second-order valence-electron chi connectivity index (χ2n) is 7.21. The van der Waals surface area contributed by atoms with E-state index in [0.717, 1.165) is 37.7 Å². The fourth-order valence-corrected chi connectivity index (χ4v) is 5.46. The molecule has 0 bridgehead atoms. The van der Waals surface area contributed by atoms with Crippen LogP contribution in [0.25, 0.3) is 0 Å². The lowest BCUT2D eigenvalue weighted by Gasteiger charge is -2.21. The van der Waals surface area contributed by atoms with E-state index in [1.165, 1.54) is 12.1 Å². The number of aryl methyl sites for hydroxylation is 1. The van der Waals surface area contributed by atoms with Crippen LogP contribution < -0.4 is 5.32 Å². The minimum atomic E-state index is -3.22. The van der Waals surface area contributed by atoms with Crippen molar-refractivity contribution >= 4 is 21.4 Å². The summed E-state index contributed by atoms with van der Waals surface area (Å²) in [6.45, 7) is 1.78. The number of halogens is 1. The maximum Gasteiger partial charge on any atom is 0.258 e. The first-order valence-electron chi connectivity index (χ1n) is 9.23. The summed E-state index contributed by atoms with van der Waals surface area (Å²) in [7, 11) is -3.22. The Morgan fingerprint density at radius 3 is 2.59 bits per heavy atom. The Kier molecular flexibility index (Phi) is 5.95. The Morgan fingerprint density at radius 1 is 1.11 bits per heavy atom. The van der Waals surface area contributed by atoms with Crippen molar-refractivity contribution in [2.24, 2.45) is 0 Å². The van der Waals surface area contributed by atoms with Crippen LogP contribution in [0, 0.1) is 12.7 Å². The highest BCUT2D eigenvalue weighted by atomic mass is 32.2. The van der Waals surface area contributed by atoms with E-state index in [1.807, 2.05) is 0 Å². The molecule has 0 spiro atoms. The molecule has 27 heavy (non-hydrogen) atoms. The summed E-state index contributed by atoms with van der Waals surface area (Å²) in [6, 6.07) is 11.1. The number of carbonyl (C=O) groups is 1. The Morgan fingerprint density at radius 2 is 1.85 bits per heavy atom. The molecule has 0 unspecified atom stereocenters. The SMILES string of the molecule is Cc1ccc(F)c(C(=O)Nc2cccc(CS(=O)(=O)C3CCCCC3)c2)c1. The lowest BCUT2D eigenvalue weighted by molar-refractivity contribution is 0.102. The predicted molar refractivity (Wildman–Crippen MR) is 105 cm³/mol. The van der Waals surface area contributed by atoms with Gasteiger partial charge in [0.25, 0.3) is 5.91 Å². The number of amides is 1. The number of hydrogen-bond donors (Lipinski definition) is 1. The van der Waals surface area contributed by atoms with Gasteiger partial charge in [0.1, 0.15) is 5.82 Å². The molecule has 1 saturated carbocycles. The van der Waals surface area contributed by atoms with Crippen molar-refractivity contribution < 1.29 is 17.6 Å². The van der Waals surface area contributed by atoms with Gasteiger partial charge in [-0.15, -0.1) is 0 Å². The molecule has 3 rings (SSSR count). The minimum absolute atomic E-state index is 0.0322. The molecule has 144 valence electrons. The summed E-state index contributed by atoms with van der Waals surface area (Å²) in [5.74, 6) is -1.18. The van der Waals surface area contributed by atoms with Crippen LogP contribution in [-0.4, -0.2) is 19.6 Å². The monoisotopic (exact) mass is 389 g/mol. The van der Waals surface area contributed by atoms with E-state index in [9.17, 15) is 17.6 Å². The van der Waals surface area contributed by atoms with Crippen LogP contribution in [0.15, 0.2) is 42.5 Å². The van der Waals surface area contributed by atoms with Crippen molar-refractivity contribution in [3.8, 4) is 0 Å². The van der Waals surface area contributed by atoms with Crippen LogP contribution in [0.5, 0.6) is 0 Å². The van der Waals surface area contributed by atoms with Crippen LogP contribution in [0.3, 0.4) is 0 Å². The molecule has 1 aliphatic carbocycles. The largest absolute Gasteiger partial charge is 0.322 e. The number of hydrogen-bond acceptors (Lipinski definition) is 3. The number of benzene rings is 2. The zero-order valence-electron chi connectivity index (χ0n) is 15.4. The Hall–Kier alpha value is -2.21. The average molecular weight is 389 g/mol. The van der Waals surface area contributed by atoms with Crippen molar-refractivity contribution in [3.05, 3.63) is 65.0 Å². The van der Waals surface area contributed by atoms with Crippen molar-refractivity contribution in [1.29, 1.82) is 0 Å². The molecule has 0 radical (unpaired) electrons. The van der Waals surface area contributed by atoms with Crippen LogP contribution in [-0.2, 0) is 15.6 Å². The maximum atomic E-state index is 13.9. The van der Waals surface area contributed by atoms with Crippen LogP contribution in [0.1, 0.15) is 53.6 Å². The molecule has 1 amide bonds. The second-order valence-corrected chi connectivity index (χ2v) is 9.49. The molecular weight excluding hydrogens is 365 g/mol. The van der Waals surface area contributed by atoms with E-state index < -0.39 is 21.6 Å². The highest BCUT2D eigenvalue weighted by molar-refractivity contribution is 7.91. The Balaban J connectivity index is 1.73. The predicted octanol–water partition coefficient (Wildman–Crippen LogP) is 4.63. The van der Waals surface area contributed by atoms with Gasteiger partial charge in [0.15, 0.2) is 9.84 Å². The molecule has 0 atom stereocenters. The van der Waals surface area contributed by atoms with Crippen LogP contribution >= 0.6 is 0 Å². The van der Waals surface area contributed by atoms with E-state index in [-0.39, 0.29) is 16.6 Å². The van der Waals surface area contributed by atoms with Crippen molar-refractivity contribution in [2.75, 3.05) is 5.32 Å². The third-order valence-corrected chi connectivity index (χ3v) is 7.20. The summed E-state index contributed by atoms with van der Waals surface area (Å²) in [5.41, 5.74) is 1.84. The van der Waals surface area contributed by atoms with Gasteiger partial charge < -0.3 is 5.32 Å². The molecule has 1 N–H and O–H groups in total. The first-order chi connectivity index (χ1) is 12.8. The lowest BCUT2D eigenvalue weighted by Crippen LogP contribution is -2.25. The quantitative estimate of drug-likeness (QED) is 0.811. The van der Waals surface area contributed by atoms with Gasteiger partial charge in [-0.3, -0.25) is 4.79 Å². The summed E-state index contributed by atoms with van der Waals surface area (Å²) >= 11 is 0.